The highest BCUT2D eigenvalue weighted by atomic mass is 16.4. The largest absolute Gasteiger partial charge is 0.481 e. The van der Waals surface area contributed by atoms with Crippen LogP contribution < -0.4 is 0 Å². The zero-order valence-electron chi connectivity index (χ0n) is 11.9. The van der Waals surface area contributed by atoms with E-state index < -0.39 is 12.1 Å². The second-order valence-corrected chi connectivity index (χ2v) is 4.21. The molecule has 2 N–H and O–H groups in total. The summed E-state index contributed by atoms with van der Waals surface area (Å²) in [6.07, 6.45) is 11.9. The van der Waals surface area contributed by atoms with Crippen LogP contribution in [0.2, 0.25) is 0 Å². The predicted octanol–water partition coefficient (Wildman–Crippen LogP) is 1.97. The second-order valence-electron chi connectivity index (χ2n) is 4.21. The molecule has 0 unspecified atom stereocenters. The molecule has 21 heavy (non-hydrogen) atoms. The van der Waals surface area contributed by atoms with Crippen LogP contribution in [0.4, 0.5) is 0 Å². The molecule has 0 aromatic rings. The van der Waals surface area contributed by atoms with Crippen LogP contribution in [0, 0.1) is 47.9 Å². The predicted molar refractivity (Wildman–Crippen MR) is 82.6 cm³/mol. The Hall–Kier alpha value is -2.59. The number of allylic oxidation sites excluding steroid dienone is 2. The first-order valence-electron chi connectivity index (χ1n) is 6.67. The molecule has 3 heteroatoms. The molecular formula is C18H18O3. The maximum Gasteiger partial charge on any atom is 0.305 e. The van der Waals surface area contributed by atoms with Crippen molar-refractivity contribution in [1.29, 1.82) is 0 Å². The fourth-order valence-electron chi connectivity index (χ4n) is 1.47. The highest BCUT2D eigenvalue weighted by Crippen LogP contribution is 2.08. The minimum Gasteiger partial charge on any atom is -0.481 e. The summed E-state index contributed by atoms with van der Waals surface area (Å²) in [4.78, 5) is 10.3. The normalized spacial score (nSPS) is 10.1. The summed E-state index contributed by atoms with van der Waals surface area (Å²) >= 11 is 0. The molecule has 0 heterocycles. The fourth-order valence-corrected chi connectivity index (χ4v) is 1.47. The van der Waals surface area contributed by atoms with Crippen molar-refractivity contribution in [3.8, 4) is 47.9 Å². The van der Waals surface area contributed by atoms with E-state index in [1.807, 2.05) is 6.08 Å². The average Bonchev–Trinajstić information content (AvgIpc) is 2.43. The summed E-state index contributed by atoms with van der Waals surface area (Å²) in [7, 11) is 0. The fraction of sp³-hybridized carbons (Fsp3) is 0.389. The molecule has 0 saturated heterocycles. The van der Waals surface area contributed by atoms with Crippen molar-refractivity contribution in [2.24, 2.45) is 0 Å². The molecule has 0 aliphatic rings. The second kappa shape index (κ2) is 13.8. The van der Waals surface area contributed by atoms with Gasteiger partial charge >= 0.3 is 5.97 Å². The molecule has 0 aromatic heterocycles. The van der Waals surface area contributed by atoms with Crippen LogP contribution in [0.3, 0.4) is 0 Å². The number of aliphatic carboxylic acids is 1. The van der Waals surface area contributed by atoms with E-state index in [4.69, 9.17) is 11.5 Å². The van der Waals surface area contributed by atoms with Crippen LogP contribution >= 0.6 is 0 Å². The molecule has 3 nitrogen and oxygen atoms in total. The number of unbranched alkanes of at least 4 members (excludes halogenated alkanes) is 3. The first-order valence-corrected chi connectivity index (χ1v) is 6.67. The van der Waals surface area contributed by atoms with E-state index in [9.17, 15) is 9.90 Å². The summed E-state index contributed by atoms with van der Waals surface area (Å²) in [5, 5.41) is 17.8. The van der Waals surface area contributed by atoms with Gasteiger partial charge in [0.25, 0.3) is 0 Å². The van der Waals surface area contributed by atoms with Gasteiger partial charge < -0.3 is 10.2 Å². The van der Waals surface area contributed by atoms with Crippen LogP contribution in [0.25, 0.3) is 0 Å². The molecule has 0 fully saturated rings. The number of rotatable bonds is 8. The molecule has 0 spiro atoms. The number of carboxylic acid groups (broad SMARTS) is 1. The summed E-state index contributed by atoms with van der Waals surface area (Å²) in [6.45, 7) is 0. The van der Waals surface area contributed by atoms with Gasteiger partial charge in [0.1, 0.15) is 0 Å². The Kier molecular flexibility index (Phi) is 12.1. The molecule has 108 valence electrons. The SMILES string of the molecule is C#CC#CC#CC#C/C=C/CCCCC[C@H](O)CC(=O)O. The summed E-state index contributed by atoms with van der Waals surface area (Å²) in [5.41, 5.74) is 0. The van der Waals surface area contributed by atoms with Crippen molar-refractivity contribution in [2.75, 3.05) is 0 Å². The first kappa shape index (κ1) is 18.4. The maximum atomic E-state index is 10.3. The van der Waals surface area contributed by atoms with Crippen LogP contribution in [0.1, 0.15) is 38.5 Å². The number of carbonyl (C=O) groups is 1. The van der Waals surface area contributed by atoms with Crippen LogP contribution in [0.5, 0.6) is 0 Å². The lowest BCUT2D eigenvalue weighted by Gasteiger charge is -2.06. The first-order chi connectivity index (χ1) is 10.2. The van der Waals surface area contributed by atoms with Crippen LogP contribution in [0.15, 0.2) is 12.2 Å². The Morgan fingerprint density at radius 1 is 1.10 bits per heavy atom. The Balaban J connectivity index is 3.61. The van der Waals surface area contributed by atoms with Gasteiger partial charge in [-0.25, -0.2) is 0 Å². The van der Waals surface area contributed by atoms with Gasteiger partial charge in [0.05, 0.1) is 12.5 Å². The van der Waals surface area contributed by atoms with E-state index in [1.54, 1.807) is 6.08 Å². The monoisotopic (exact) mass is 282 g/mol. The number of aliphatic hydroxyl groups excluding tert-OH is 1. The zero-order valence-corrected chi connectivity index (χ0v) is 11.9. The van der Waals surface area contributed by atoms with E-state index in [0.29, 0.717) is 6.42 Å². The van der Waals surface area contributed by atoms with E-state index in [-0.39, 0.29) is 6.42 Å². The molecule has 0 bridgehead atoms. The highest BCUT2D eigenvalue weighted by molar-refractivity contribution is 5.67. The van der Waals surface area contributed by atoms with Gasteiger partial charge in [-0.2, -0.15) is 0 Å². The summed E-state index contributed by atoms with van der Waals surface area (Å²) in [6, 6.07) is 0. The van der Waals surface area contributed by atoms with Gasteiger partial charge in [0.15, 0.2) is 0 Å². The maximum absolute atomic E-state index is 10.3. The molecule has 0 saturated carbocycles. The third-order valence-electron chi connectivity index (χ3n) is 2.41. The smallest absolute Gasteiger partial charge is 0.305 e. The van der Waals surface area contributed by atoms with E-state index in [1.165, 1.54) is 0 Å². The summed E-state index contributed by atoms with van der Waals surface area (Å²) in [5.74, 6) is 16.4. The third kappa shape index (κ3) is 15.4. The lowest BCUT2D eigenvalue weighted by Crippen LogP contribution is -2.12. The molecule has 0 aromatic carbocycles. The van der Waals surface area contributed by atoms with Crippen molar-refractivity contribution in [2.45, 2.75) is 44.6 Å². The van der Waals surface area contributed by atoms with Gasteiger partial charge in [-0.3, -0.25) is 4.79 Å². The number of terminal acetylenes is 1. The topological polar surface area (TPSA) is 57.5 Å². The van der Waals surface area contributed by atoms with Gasteiger partial charge in [0.2, 0.25) is 0 Å². The summed E-state index contributed by atoms with van der Waals surface area (Å²) < 4.78 is 0. The molecule has 0 radical (unpaired) electrons. The lowest BCUT2D eigenvalue weighted by atomic mass is 10.1. The van der Waals surface area contributed by atoms with Crippen molar-refractivity contribution in [3.63, 3.8) is 0 Å². The molecule has 0 rings (SSSR count). The molecule has 1 atom stereocenters. The Bertz CT molecular complexity index is 559. The molecule has 0 aliphatic carbocycles. The lowest BCUT2D eigenvalue weighted by molar-refractivity contribution is -0.139. The van der Waals surface area contributed by atoms with E-state index in [2.05, 4.69) is 41.4 Å². The van der Waals surface area contributed by atoms with Crippen LogP contribution in [-0.2, 0) is 4.79 Å². The Morgan fingerprint density at radius 3 is 2.52 bits per heavy atom. The van der Waals surface area contributed by atoms with E-state index in [0.717, 1.165) is 25.7 Å². The van der Waals surface area contributed by atoms with Crippen molar-refractivity contribution < 1.29 is 15.0 Å². The molecule has 0 amide bonds. The number of carboxylic acids is 1. The van der Waals surface area contributed by atoms with Gasteiger partial charge in [-0.1, -0.05) is 24.8 Å². The van der Waals surface area contributed by atoms with Crippen molar-refractivity contribution >= 4 is 5.97 Å². The molecule has 0 aliphatic heterocycles. The third-order valence-corrected chi connectivity index (χ3v) is 2.41. The minimum atomic E-state index is -0.961. The zero-order chi connectivity index (χ0) is 15.8. The number of hydrogen-bond donors (Lipinski definition) is 2. The van der Waals surface area contributed by atoms with Crippen LogP contribution in [-0.4, -0.2) is 22.3 Å². The highest BCUT2D eigenvalue weighted by Gasteiger charge is 2.08. The average molecular weight is 282 g/mol. The van der Waals surface area contributed by atoms with E-state index >= 15 is 0 Å². The van der Waals surface area contributed by atoms with Gasteiger partial charge in [-0.05, 0) is 60.9 Å². The quantitative estimate of drug-likeness (QED) is 0.528. The van der Waals surface area contributed by atoms with Crippen molar-refractivity contribution in [1.82, 2.24) is 0 Å². The van der Waals surface area contributed by atoms with Crippen molar-refractivity contribution in [3.05, 3.63) is 12.2 Å². The molecular weight excluding hydrogens is 264 g/mol. The standard InChI is InChI=1S/C18H18O3/c1-2-3-4-5-6-7-8-9-10-11-12-13-14-15-17(19)16-18(20)21/h1,9-10,17,19H,11-16H2,(H,20,21)/b10-9+/t17-/m0/s1. The number of hydrogen-bond acceptors (Lipinski definition) is 2. The van der Waals surface area contributed by atoms with Gasteiger partial charge in [0, 0.05) is 0 Å². The minimum absolute atomic E-state index is 0.178. The number of aliphatic hydroxyl groups is 1. The Morgan fingerprint density at radius 2 is 1.81 bits per heavy atom. The van der Waals surface area contributed by atoms with Gasteiger partial charge in [-0.15, -0.1) is 6.42 Å². The Labute approximate surface area is 126 Å².